The number of hydrogen-bond acceptors (Lipinski definition) is 4. The zero-order valence-electron chi connectivity index (χ0n) is 11.3. The van der Waals surface area contributed by atoms with Crippen LogP contribution in [0, 0.1) is 16.0 Å². The lowest BCUT2D eigenvalue weighted by Gasteiger charge is -2.30. The zero-order valence-corrected chi connectivity index (χ0v) is 11.3. The van der Waals surface area contributed by atoms with Crippen LogP contribution in [0.25, 0.3) is 0 Å². The average molecular weight is 278 g/mol. The maximum atomic E-state index is 11.3. The minimum Gasteiger partial charge on any atom is -0.478 e. The Labute approximate surface area is 117 Å². The molecule has 0 aromatic heterocycles. The van der Waals surface area contributed by atoms with Crippen molar-refractivity contribution >= 4 is 17.3 Å². The lowest BCUT2D eigenvalue weighted by atomic mass is 9.85. The van der Waals surface area contributed by atoms with Crippen molar-refractivity contribution in [2.75, 3.05) is 5.32 Å². The third-order valence-electron chi connectivity index (χ3n) is 3.91. The molecular weight excluding hydrogens is 260 g/mol. The summed E-state index contributed by atoms with van der Waals surface area (Å²) in [6.45, 7) is 2.09. The van der Waals surface area contributed by atoms with Crippen LogP contribution in [0.1, 0.15) is 43.0 Å². The number of aromatic carboxylic acids is 1. The first-order chi connectivity index (χ1) is 9.50. The predicted molar refractivity (Wildman–Crippen MR) is 75.1 cm³/mol. The van der Waals surface area contributed by atoms with Crippen LogP contribution in [-0.2, 0) is 0 Å². The Bertz CT molecular complexity index is 498. The van der Waals surface area contributed by atoms with Crippen molar-refractivity contribution in [1.29, 1.82) is 0 Å². The molecule has 2 N–H and O–H groups in total. The molecule has 0 heterocycles. The normalized spacial score (nSPS) is 22.2. The molecule has 0 amide bonds. The summed E-state index contributed by atoms with van der Waals surface area (Å²) in [7, 11) is 0. The van der Waals surface area contributed by atoms with Crippen LogP contribution in [0.4, 0.5) is 11.4 Å². The second kappa shape index (κ2) is 5.90. The van der Waals surface area contributed by atoms with Crippen LogP contribution in [-0.4, -0.2) is 22.0 Å². The third kappa shape index (κ3) is 2.89. The third-order valence-corrected chi connectivity index (χ3v) is 3.91. The summed E-state index contributed by atoms with van der Waals surface area (Å²) in [5, 5.41) is 23.4. The van der Waals surface area contributed by atoms with Crippen molar-refractivity contribution < 1.29 is 14.8 Å². The summed E-state index contributed by atoms with van der Waals surface area (Å²) in [5.41, 5.74) is -0.0941. The molecule has 2 rings (SSSR count). The van der Waals surface area contributed by atoms with Gasteiger partial charge in [0.05, 0.1) is 10.5 Å². The van der Waals surface area contributed by atoms with E-state index in [0.29, 0.717) is 5.92 Å². The van der Waals surface area contributed by atoms with E-state index >= 15 is 0 Å². The van der Waals surface area contributed by atoms with Crippen molar-refractivity contribution in [3.05, 3.63) is 33.9 Å². The van der Waals surface area contributed by atoms with Gasteiger partial charge in [0.15, 0.2) is 0 Å². The van der Waals surface area contributed by atoms with Crippen molar-refractivity contribution in [3.8, 4) is 0 Å². The van der Waals surface area contributed by atoms with Crippen LogP contribution in [0.3, 0.4) is 0 Å². The molecule has 1 aromatic rings. The van der Waals surface area contributed by atoms with Crippen LogP contribution < -0.4 is 5.32 Å². The van der Waals surface area contributed by atoms with Gasteiger partial charge in [0, 0.05) is 12.1 Å². The SMILES string of the molecule is CC1CCCCC1Nc1c(C(=O)O)cccc1[N+](=O)[O-]. The first-order valence-electron chi connectivity index (χ1n) is 6.78. The van der Waals surface area contributed by atoms with Crippen LogP contribution in [0.5, 0.6) is 0 Å². The lowest BCUT2D eigenvalue weighted by molar-refractivity contribution is -0.384. The Morgan fingerprint density at radius 1 is 1.40 bits per heavy atom. The molecule has 0 radical (unpaired) electrons. The number of rotatable bonds is 4. The maximum Gasteiger partial charge on any atom is 0.338 e. The molecule has 0 bridgehead atoms. The Morgan fingerprint density at radius 2 is 2.10 bits per heavy atom. The molecular formula is C14H18N2O4. The highest BCUT2D eigenvalue weighted by molar-refractivity contribution is 5.96. The quantitative estimate of drug-likeness (QED) is 0.651. The standard InChI is InChI=1S/C14H18N2O4/c1-9-5-2-3-7-11(9)15-13-10(14(17)18)6-4-8-12(13)16(19)20/h4,6,8-9,11,15H,2-3,5,7H2,1H3,(H,17,18). The highest BCUT2D eigenvalue weighted by atomic mass is 16.6. The van der Waals surface area contributed by atoms with Crippen molar-refractivity contribution in [1.82, 2.24) is 0 Å². The maximum absolute atomic E-state index is 11.3. The van der Waals surface area contributed by atoms with Crippen molar-refractivity contribution in [2.24, 2.45) is 5.92 Å². The molecule has 6 heteroatoms. The number of anilines is 1. The van der Waals surface area contributed by atoms with Gasteiger partial charge >= 0.3 is 5.97 Å². The van der Waals surface area contributed by atoms with Gasteiger partial charge in [-0.15, -0.1) is 0 Å². The highest BCUT2D eigenvalue weighted by Gasteiger charge is 2.27. The number of nitro groups is 1. The first-order valence-corrected chi connectivity index (χ1v) is 6.78. The largest absolute Gasteiger partial charge is 0.478 e. The second-order valence-electron chi connectivity index (χ2n) is 5.27. The van der Waals surface area contributed by atoms with E-state index in [0.717, 1.165) is 25.7 Å². The summed E-state index contributed by atoms with van der Waals surface area (Å²) in [5.74, 6) is -0.773. The van der Waals surface area contributed by atoms with Crippen LogP contribution in [0.2, 0.25) is 0 Å². The molecule has 108 valence electrons. The molecule has 20 heavy (non-hydrogen) atoms. The Kier molecular flexibility index (Phi) is 4.22. The summed E-state index contributed by atoms with van der Waals surface area (Å²) in [6, 6.07) is 4.22. The molecule has 0 saturated heterocycles. The van der Waals surface area contributed by atoms with Gasteiger partial charge < -0.3 is 10.4 Å². The van der Waals surface area contributed by atoms with Crippen LogP contribution in [0.15, 0.2) is 18.2 Å². The van der Waals surface area contributed by atoms with E-state index in [4.69, 9.17) is 0 Å². The predicted octanol–water partition coefficient (Wildman–Crippen LogP) is 3.28. The van der Waals surface area contributed by atoms with Gasteiger partial charge in [-0.1, -0.05) is 25.8 Å². The number of hydrogen-bond donors (Lipinski definition) is 2. The Hall–Kier alpha value is -2.11. The molecule has 6 nitrogen and oxygen atoms in total. The minimum absolute atomic E-state index is 0.0445. The molecule has 1 aliphatic rings. The fourth-order valence-corrected chi connectivity index (χ4v) is 2.74. The lowest BCUT2D eigenvalue weighted by Crippen LogP contribution is -2.31. The Morgan fingerprint density at radius 3 is 2.70 bits per heavy atom. The fraction of sp³-hybridized carbons (Fsp3) is 0.500. The van der Waals surface area contributed by atoms with Gasteiger partial charge in [-0.2, -0.15) is 0 Å². The van der Waals surface area contributed by atoms with E-state index < -0.39 is 10.9 Å². The number of nitrogens with zero attached hydrogens (tertiary/aromatic N) is 1. The number of carbonyl (C=O) groups is 1. The van der Waals surface area contributed by atoms with Gasteiger partial charge in [-0.05, 0) is 24.8 Å². The monoisotopic (exact) mass is 278 g/mol. The van der Waals surface area contributed by atoms with E-state index in [2.05, 4.69) is 12.2 Å². The number of nitro benzene ring substituents is 1. The molecule has 2 atom stereocenters. The van der Waals surface area contributed by atoms with E-state index in [9.17, 15) is 20.0 Å². The molecule has 2 unspecified atom stereocenters. The topological polar surface area (TPSA) is 92.5 Å². The van der Waals surface area contributed by atoms with Gasteiger partial charge in [0.1, 0.15) is 5.69 Å². The first kappa shape index (κ1) is 14.3. The summed E-state index contributed by atoms with van der Waals surface area (Å²) < 4.78 is 0. The number of carboxylic acid groups (broad SMARTS) is 1. The highest BCUT2D eigenvalue weighted by Crippen LogP contribution is 2.33. The molecule has 0 aliphatic heterocycles. The molecule has 1 aliphatic carbocycles. The number of benzene rings is 1. The van der Waals surface area contributed by atoms with E-state index in [-0.39, 0.29) is 23.0 Å². The number of para-hydroxylation sites is 1. The van der Waals surface area contributed by atoms with E-state index in [1.807, 2.05) is 0 Å². The van der Waals surface area contributed by atoms with Crippen molar-refractivity contribution in [3.63, 3.8) is 0 Å². The molecule has 1 aromatic carbocycles. The van der Waals surface area contributed by atoms with E-state index in [1.165, 1.54) is 18.2 Å². The molecule has 0 spiro atoms. The van der Waals surface area contributed by atoms with Gasteiger partial charge in [-0.25, -0.2) is 4.79 Å². The minimum atomic E-state index is -1.15. The molecule has 1 saturated carbocycles. The summed E-state index contributed by atoms with van der Waals surface area (Å²) in [6.07, 6.45) is 4.18. The van der Waals surface area contributed by atoms with Crippen molar-refractivity contribution in [2.45, 2.75) is 38.6 Å². The number of carboxylic acids is 1. The Balaban J connectivity index is 2.37. The number of nitrogens with one attached hydrogen (secondary N) is 1. The molecule has 1 fully saturated rings. The zero-order chi connectivity index (χ0) is 14.7. The van der Waals surface area contributed by atoms with Gasteiger partial charge in [0.25, 0.3) is 5.69 Å². The van der Waals surface area contributed by atoms with Gasteiger partial charge in [0.2, 0.25) is 0 Å². The fourth-order valence-electron chi connectivity index (χ4n) is 2.74. The van der Waals surface area contributed by atoms with E-state index in [1.54, 1.807) is 0 Å². The smallest absolute Gasteiger partial charge is 0.338 e. The average Bonchev–Trinajstić information content (AvgIpc) is 2.41. The summed E-state index contributed by atoms with van der Waals surface area (Å²) >= 11 is 0. The summed E-state index contributed by atoms with van der Waals surface area (Å²) in [4.78, 5) is 21.8. The van der Waals surface area contributed by atoms with Crippen LogP contribution >= 0.6 is 0 Å². The second-order valence-corrected chi connectivity index (χ2v) is 5.27. The van der Waals surface area contributed by atoms with Gasteiger partial charge in [-0.3, -0.25) is 10.1 Å².